The molecule has 4 rings (SSSR count). The highest BCUT2D eigenvalue weighted by Gasteiger charge is 2.42. The number of ether oxygens (including phenoxy) is 1. The molecule has 150 valence electrons. The lowest BCUT2D eigenvalue weighted by Crippen LogP contribution is -2.48. The van der Waals surface area contributed by atoms with Crippen molar-refractivity contribution in [3.63, 3.8) is 0 Å². The number of halogens is 2. The molecule has 0 saturated carbocycles. The fraction of sp³-hybridized carbons (Fsp3) is 0.476. The highest BCUT2D eigenvalue weighted by atomic mass is 32.1. The zero-order valence-corrected chi connectivity index (χ0v) is 16.4. The summed E-state index contributed by atoms with van der Waals surface area (Å²) in [6, 6.07) is 8.12. The van der Waals surface area contributed by atoms with Crippen LogP contribution < -0.4 is 5.73 Å². The van der Waals surface area contributed by atoms with E-state index in [1.807, 2.05) is 0 Å². The SMILES string of the molecule is NC(=O)[C@@H](Cc1ccccc1F)CN1CCC2(CC1)OCCc1cc(F)sc12. The van der Waals surface area contributed by atoms with Crippen LogP contribution in [0.5, 0.6) is 0 Å². The van der Waals surface area contributed by atoms with Crippen molar-refractivity contribution in [2.75, 3.05) is 26.2 Å². The predicted molar refractivity (Wildman–Crippen MR) is 104 cm³/mol. The Morgan fingerprint density at radius 3 is 2.75 bits per heavy atom. The number of hydrogen-bond acceptors (Lipinski definition) is 4. The van der Waals surface area contributed by atoms with Crippen LogP contribution in [0.15, 0.2) is 30.3 Å². The number of amides is 1. The smallest absolute Gasteiger partial charge is 0.222 e. The minimum Gasteiger partial charge on any atom is -0.369 e. The second-order valence-corrected chi connectivity index (χ2v) is 8.70. The van der Waals surface area contributed by atoms with Crippen LogP contribution in [-0.4, -0.2) is 37.0 Å². The maximum absolute atomic E-state index is 14.0. The summed E-state index contributed by atoms with van der Waals surface area (Å²) in [4.78, 5) is 15.2. The van der Waals surface area contributed by atoms with Crippen molar-refractivity contribution in [3.05, 3.63) is 57.3 Å². The number of thiophene rings is 1. The van der Waals surface area contributed by atoms with E-state index in [-0.39, 0.29) is 10.9 Å². The quantitative estimate of drug-likeness (QED) is 0.830. The van der Waals surface area contributed by atoms with Crippen LogP contribution in [0.3, 0.4) is 0 Å². The summed E-state index contributed by atoms with van der Waals surface area (Å²) in [5, 5.41) is -0.156. The molecule has 0 aliphatic carbocycles. The lowest BCUT2D eigenvalue weighted by Gasteiger charge is -2.44. The second kappa shape index (κ2) is 7.89. The topological polar surface area (TPSA) is 55.6 Å². The molecule has 1 aromatic carbocycles. The molecule has 2 aromatic rings. The molecular formula is C21H24F2N2O2S. The van der Waals surface area contributed by atoms with Crippen molar-refractivity contribution < 1.29 is 18.3 Å². The summed E-state index contributed by atoms with van der Waals surface area (Å²) in [5.74, 6) is -1.18. The van der Waals surface area contributed by atoms with E-state index in [4.69, 9.17) is 10.5 Å². The minimum absolute atomic E-state index is 0.156. The maximum atomic E-state index is 14.0. The molecule has 3 heterocycles. The summed E-state index contributed by atoms with van der Waals surface area (Å²) in [5.41, 5.74) is 6.77. The number of primary amides is 1. The zero-order valence-electron chi connectivity index (χ0n) is 15.6. The highest BCUT2D eigenvalue weighted by Crippen LogP contribution is 2.45. The molecule has 4 nitrogen and oxygen atoms in total. The summed E-state index contributed by atoms with van der Waals surface area (Å²) < 4.78 is 33.9. The predicted octanol–water partition coefficient (Wildman–Crippen LogP) is 3.23. The third kappa shape index (κ3) is 3.83. The number of nitrogens with zero attached hydrogens (tertiary/aromatic N) is 1. The first-order valence-corrected chi connectivity index (χ1v) is 10.5. The van der Waals surface area contributed by atoms with E-state index in [9.17, 15) is 13.6 Å². The first-order valence-electron chi connectivity index (χ1n) is 9.64. The maximum Gasteiger partial charge on any atom is 0.222 e. The van der Waals surface area contributed by atoms with Crippen LogP contribution in [0.2, 0.25) is 0 Å². The van der Waals surface area contributed by atoms with Crippen molar-refractivity contribution in [2.24, 2.45) is 11.7 Å². The molecule has 0 bridgehead atoms. The van der Waals surface area contributed by atoms with Gasteiger partial charge in [-0.05, 0) is 48.9 Å². The molecule has 2 aliphatic heterocycles. The summed E-state index contributed by atoms with van der Waals surface area (Å²) >= 11 is 1.19. The molecule has 0 radical (unpaired) electrons. The van der Waals surface area contributed by atoms with Crippen LogP contribution in [0.1, 0.15) is 28.8 Å². The summed E-state index contributed by atoms with van der Waals surface area (Å²) in [7, 11) is 0. The van der Waals surface area contributed by atoms with Gasteiger partial charge >= 0.3 is 0 Å². The third-order valence-electron chi connectivity index (χ3n) is 5.91. The number of carbonyl (C=O) groups is 1. The average Bonchev–Trinajstić information content (AvgIpc) is 3.06. The Morgan fingerprint density at radius 2 is 2.04 bits per heavy atom. The Bertz CT molecular complexity index is 862. The number of fused-ring (bicyclic) bond motifs is 2. The molecule has 28 heavy (non-hydrogen) atoms. The van der Waals surface area contributed by atoms with Crippen molar-refractivity contribution in [1.82, 2.24) is 4.90 Å². The van der Waals surface area contributed by atoms with Gasteiger partial charge in [0.15, 0.2) is 5.13 Å². The number of likely N-dealkylation sites (tertiary alicyclic amines) is 1. The summed E-state index contributed by atoms with van der Waals surface area (Å²) in [6.07, 6.45) is 2.56. The molecule has 1 spiro atoms. The van der Waals surface area contributed by atoms with Crippen LogP contribution in [0.25, 0.3) is 0 Å². The molecule has 1 fully saturated rings. The Kier molecular flexibility index (Phi) is 5.49. The Labute approximate surface area is 167 Å². The highest BCUT2D eigenvalue weighted by molar-refractivity contribution is 7.10. The first kappa shape index (κ1) is 19.5. The fourth-order valence-electron chi connectivity index (χ4n) is 4.35. The van der Waals surface area contributed by atoms with Gasteiger partial charge in [-0.15, -0.1) is 11.3 Å². The number of nitrogens with two attached hydrogens (primary N) is 1. The monoisotopic (exact) mass is 406 g/mol. The van der Waals surface area contributed by atoms with Crippen molar-refractivity contribution in [2.45, 2.75) is 31.3 Å². The summed E-state index contributed by atoms with van der Waals surface area (Å²) in [6.45, 7) is 2.58. The molecule has 1 aromatic heterocycles. The lowest BCUT2D eigenvalue weighted by atomic mass is 9.85. The molecule has 2 aliphatic rings. The minimum atomic E-state index is -0.451. The van der Waals surface area contributed by atoms with Crippen LogP contribution in [0, 0.1) is 16.9 Å². The van der Waals surface area contributed by atoms with Gasteiger partial charge in [-0.3, -0.25) is 4.79 Å². The number of hydrogen-bond donors (Lipinski definition) is 1. The van der Waals surface area contributed by atoms with Crippen molar-refractivity contribution in [3.8, 4) is 0 Å². The number of piperidine rings is 1. The van der Waals surface area contributed by atoms with Gasteiger partial charge in [0.2, 0.25) is 5.91 Å². The van der Waals surface area contributed by atoms with Gasteiger partial charge in [0.1, 0.15) is 11.4 Å². The number of rotatable bonds is 5. The second-order valence-electron chi connectivity index (χ2n) is 7.69. The first-order chi connectivity index (χ1) is 13.5. The van der Waals surface area contributed by atoms with Crippen LogP contribution in [0.4, 0.5) is 8.78 Å². The van der Waals surface area contributed by atoms with E-state index >= 15 is 0 Å². The van der Waals surface area contributed by atoms with E-state index in [2.05, 4.69) is 4.90 Å². The molecule has 1 amide bonds. The van der Waals surface area contributed by atoms with E-state index < -0.39 is 17.4 Å². The molecule has 1 atom stereocenters. The molecule has 1 saturated heterocycles. The standard InChI is InChI=1S/C21H24F2N2O2S/c22-17-4-2-1-3-14(17)11-16(20(24)26)13-25-8-6-21(7-9-25)19-15(5-10-27-21)12-18(23)28-19/h1-4,12,16H,5-11,13H2,(H2,24,26)/t16-/m0/s1. The molecule has 2 N–H and O–H groups in total. The van der Waals surface area contributed by atoms with E-state index in [0.717, 1.165) is 42.8 Å². The van der Waals surface area contributed by atoms with Gasteiger partial charge in [-0.25, -0.2) is 4.39 Å². The zero-order chi connectivity index (χ0) is 19.7. The normalized spacial score (nSPS) is 20.1. The molecular weight excluding hydrogens is 382 g/mol. The van der Waals surface area contributed by atoms with Gasteiger partial charge < -0.3 is 15.4 Å². The van der Waals surface area contributed by atoms with Crippen LogP contribution >= 0.6 is 11.3 Å². The Morgan fingerprint density at radius 1 is 1.29 bits per heavy atom. The van der Waals surface area contributed by atoms with Gasteiger partial charge in [0.25, 0.3) is 0 Å². The van der Waals surface area contributed by atoms with E-state index in [1.54, 1.807) is 24.3 Å². The largest absolute Gasteiger partial charge is 0.369 e. The molecule has 7 heteroatoms. The lowest BCUT2D eigenvalue weighted by molar-refractivity contribution is -0.123. The fourth-order valence-corrected chi connectivity index (χ4v) is 5.49. The third-order valence-corrected chi connectivity index (χ3v) is 7.06. The molecule has 0 unspecified atom stereocenters. The Hall–Kier alpha value is -1.83. The van der Waals surface area contributed by atoms with Gasteiger partial charge in [-0.2, -0.15) is 4.39 Å². The van der Waals surface area contributed by atoms with Crippen molar-refractivity contribution in [1.29, 1.82) is 0 Å². The van der Waals surface area contributed by atoms with Gasteiger partial charge in [-0.1, -0.05) is 18.2 Å². The van der Waals surface area contributed by atoms with Crippen molar-refractivity contribution >= 4 is 17.2 Å². The average molecular weight is 406 g/mol. The number of carbonyl (C=O) groups excluding carboxylic acids is 1. The van der Waals surface area contributed by atoms with Gasteiger partial charge in [0, 0.05) is 24.5 Å². The Balaban J connectivity index is 1.42. The number of benzene rings is 1. The van der Waals surface area contributed by atoms with E-state index in [0.29, 0.717) is 25.1 Å². The van der Waals surface area contributed by atoms with Gasteiger partial charge in [0.05, 0.1) is 12.5 Å². The van der Waals surface area contributed by atoms with Crippen LogP contribution in [-0.2, 0) is 28.0 Å². The van der Waals surface area contributed by atoms with E-state index in [1.165, 1.54) is 17.4 Å².